The summed E-state index contributed by atoms with van der Waals surface area (Å²) in [5.74, 6) is 6.94. The van der Waals surface area contributed by atoms with E-state index in [-0.39, 0.29) is 11.5 Å². The van der Waals surface area contributed by atoms with Crippen LogP contribution in [0.3, 0.4) is 0 Å². The van der Waals surface area contributed by atoms with E-state index >= 15 is 0 Å². The van der Waals surface area contributed by atoms with E-state index in [1.807, 2.05) is 13.0 Å². The van der Waals surface area contributed by atoms with Crippen LogP contribution in [-0.4, -0.2) is 16.6 Å². The van der Waals surface area contributed by atoms with Crippen LogP contribution >= 0.6 is 11.3 Å². The lowest BCUT2D eigenvalue weighted by Crippen LogP contribution is -2.24. The van der Waals surface area contributed by atoms with E-state index in [2.05, 4.69) is 43.1 Å². The molecule has 0 aromatic carbocycles. The number of hydrogen-bond donors (Lipinski definition) is 2. The van der Waals surface area contributed by atoms with E-state index < -0.39 is 0 Å². The highest BCUT2D eigenvalue weighted by molar-refractivity contribution is 7.18. The zero-order chi connectivity index (χ0) is 14.9. The molecule has 3 N–H and O–H groups in total. The summed E-state index contributed by atoms with van der Waals surface area (Å²) in [4.78, 5) is 11.4. The first-order valence-electron chi connectivity index (χ1n) is 6.73. The Balaban J connectivity index is 2.57. The second-order valence-electron chi connectivity index (χ2n) is 5.85. The highest BCUT2D eigenvalue weighted by atomic mass is 32.1. The fourth-order valence-electron chi connectivity index (χ4n) is 2.16. The monoisotopic (exact) mass is 294 g/mol. The standard InChI is InChI=1S/C14H22N4OS/c1-6-19-10(14(3,4)5)12-16-11(18-15)9-7-8(2)20-13(9)17-12/h7,10H,6,15H2,1-5H3,(H,16,17,18). The average Bonchev–Trinajstić information content (AvgIpc) is 2.73. The minimum absolute atomic E-state index is 0.0815. The maximum atomic E-state index is 5.86. The molecule has 0 fully saturated rings. The molecule has 0 spiro atoms. The molecule has 1 atom stereocenters. The summed E-state index contributed by atoms with van der Waals surface area (Å²) in [6, 6.07) is 2.05. The van der Waals surface area contributed by atoms with Crippen LogP contribution in [0, 0.1) is 12.3 Å². The highest BCUT2D eigenvalue weighted by Crippen LogP contribution is 2.37. The maximum Gasteiger partial charge on any atom is 0.161 e. The van der Waals surface area contributed by atoms with Crippen LogP contribution in [0.1, 0.15) is 44.5 Å². The quantitative estimate of drug-likeness (QED) is 0.668. The molecule has 5 nitrogen and oxygen atoms in total. The highest BCUT2D eigenvalue weighted by Gasteiger charge is 2.30. The third kappa shape index (κ3) is 2.92. The largest absolute Gasteiger partial charge is 0.370 e. The second-order valence-corrected chi connectivity index (χ2v) is 7.09. The van der Waals surface area contributed by atoms with Gasteiger partial charge in [0.25, 0.3) is 0 Å². The SMILES string of the molecule is CCOC(c1nc(NN)c2cc(C)sc2n1)C(C)(C)C. The molecule has 2 rings (SSSR count). The number of rotatable bonds is 4. The van der Waals surface area contributed by atoms with Crippen molar-refractivity contribution < 1.29 is 4.74 Å². The molecule has 0 saturated carbocycles. The van der Waals surface area contributed by atoms with Crippen molar-refractivity contribution in [1.29, 1.82) is 0 Å². The van der Waals surface area contributed by atoms with Gasteiger partial charge in [0.15, 0.2) is 11.6 Å². The van der Waals surface area contributed by atoms with Crippen molar-refractivity contribution in [3.05, 3.63) is 16.8 Å². The first kappa shape index (κ1) is 15.2. The molecule has 0 aliphatic heterocycles. The Bertz CT molecular complexity index is 603. The molecule has 2 heterocycles. The van der Waals surface area contributed by atoms with Crippen molar-refractivity contribution >= 4 is 27.4 Å². The zero-order valence-corrected chi connectivity index (χ0v) is 13.5. The average molecular weight is 294 g/mol. The molecule has 0 saturated heterocycles. The third-order valence-electron chi connectivity index (χ3n) is 3.02. The number of aromatic nitrogens is 2. The summed E-state index contributed by atoms with van der Waals surface area (Å²) in [6.45, 7) is 11.0. The molecule has 0 aliphatic carbocycles. The van der Waals surface area contributed by atoms with Gasteiger partial charge in [-0.15, -0.1) is 11.3 Å². The molecule has 2 aromatic rings. The Kier molecular flexibility index (Phi) is 4.27. The summed E-state index contributed by atoms with van der Waals surface area (Å²) in [5.41, 5.74) is 2.59. The van der Waals surface area contributed by atoms with Gasteiger partial charge in [-0.1, -0.05) is 20.8 Å². The first-order chi connectivity index (χ1) is 9.36. The molecule has 1 unspecified atom stereocenters. The van der Waals surface area contributed by atoms with Gasteiger partial charge >= 0.3 is 0 Å². The van der Waals surface area contributed by atoms with E-state index in [1.54, 1.807) is 11.3 Å². The van der Waals surface area contributed by atoms with Gasteiger partial charge in [0.2, 0.25) is 0 Å². The van der Waals surface area contributed by atoms with Crippen LogP contribution < -0.4 is 11.3 Å². The smallest absolute Gasteiger partial charge is 0.161 e. The summed E-state index contributed by atoms with van der Waals surface area (Å²) in [5, 5.41) is 0.961. The summed E-state index contributed by atoms with van der Waals surface area (Å²) in [7, 11) is 0. The van der Waals surface area contributed by atoms with Gasteiger partial charge in [-0.2, -0.15) is 0 Å². The van der Waals surface area contributed by atoms with Crippen LogP contribution in [0.25, 0.3) is 10.2 Å². The van der Waals surface area contributed by atoms with Crippen LogP contribution in [0.15, 0.2) is 6.07 Å². The number of fused-ring (bicyclic) bond motifs is 1. The molecule has 0 bridgehead atoms. The predicted octanol–water partition coefficient (Wildman–Crippen LogP) is 3.41. The minimum Gasteiger partial charge on any atom is -0.370 e. The fourth-order valence-corrected chi connectivity index (χ4v) is 3.05. The van der Waals surface area contributed by atoms with E-state index in [4.69, 9.17) is 10.6 Å². The van der Waals surface area contributed by atoms with Crippen molar-refractivity contribution in [1.82, 2.24) is 9.97 Å². The summed E-state index contributed by atoms with van der Waals surface area (Å²) in [6.07, 6.45) is -0.161. The van der Waals surface area contributed by atoms with Gasteiger partial charge in [-0.05, 0) is 25.3 Å². The molecule has 110 valence electrons. The lowest BCUT2D eigenvalue weighted by atomic mass is 9.88. The second kappa shape index (κ2) is 5.63. The van der Waals surface area contributed by atoms with Gasteiger partial charge in [0.05, 0.1) is 5.39 Å². The lowest BCUT2D eigenvalue weighted by molar-refractivity contribution is -0.0187. The van der Waals surface area contributed by atoms with Crippen LogP contribution in [0.4, 0.5) is 5.82 Å². The predicted molar refractivity (Wildman–Crippen MR) is 83.8 cm³/mol. The normalized spacial score (nSPS) is 13.7. The number of anilines is 1. The van der Waals surface area contributed by atoms with Crippen LogP contribution in [0.2, 0.25) is 0 Å². The van der Waals surface area contributed by atoms with Gasteiger partial charge in [-0.25, -0.2) is 15.8 Å². The number of ether oxygens (including phenoxy) is 1. The van der Waals surface area contributed by atoms with Crippen molar-refractivity contribution in [2.24, 2.45) is 11.3 Å². The maximum absolute atomic E-state index is 5.86. The van der Waals surface area contributed by atoms with Gasteiger partial charge in [0.1, 0.15) is 10.9 Å². The van der Waals surface area contributed by atoms with Gasteiger partial charge in [0, 0.05) is 11.5 Å². The first-order valence-corrected chi connectivity index (χ1v) is 7.54. The van der Waals surface area contributed by atoms with Gasteiger partial charge < -0.3 is 10.2 Å². The molecule has 2 aromatic heterocycles. The molecule has 6 heteroatoms. The minimum atomic E-state index is -0.161. The Hall–Kier alpha value is -1.24. The van der Waals surface area contributed by atoms with Crippen LogP contribution in [0.5, 0.6) is 0 Å². The summed E-state index contributed by atoms with van der Waals surface area (Å²) >= 11 is 1.64. The Morgan fingerprint density at radius 2 is 2.10 bits per heavy atom. The third-order valence-corrected chi connectivity index (χ3v) is 3.97. The van der Waals surface area contributed by atoms with E-state index in [1.165, 1.54) is 4.88 Å². The van der Waals surface area contributed by atoms with E-state index in [0.717, 1.165) is 10.2 Å². The molecule has 0 radical (unpaired) electrons. The van der Waals surface area contributed by atoms with Crippen LogP contribution in [-0.2, 0) is 4.74 Å². The van der Waals surface area contributed by atoms with Crippen molar-refractivity contribution in [3.8, 4) is 0 Å². The van der Waals surface area contributed by atoms with Gasteiger partial charge in [-0.3, -0.25) is 0 Å². The fraction of sp³-hybridized carbons (Fsp3) is 0.571. The molecule has 20 heavy (non-hydrogen) atoms. The molecule has 0 amide bonds. The number of hydrazine groups is 1. The van der Waals surface area contributed by atoms with E-state index in [0.29, 0.717) is 18.2 Å². The molecular weight excluding hydrogens is 272 g/mol. The Morgan fingerprint density at radius 1 is 1.40 bits per heavy atom. The molecular formula is C14H22N4OS. The number of hydrogen-bond acceptors (Lipinski definition) is 6. The van der Waals surface area contributed by atoms with E-state index in [9.17, 15) is 0 Å². The number of nitrogens with zero attached hydrogens (tertiary/aromatic N) is 2. The lowest BCUT2D eigenvalue weighted by Gasteiger charge is -2.29. The molecule has 0 aliphatic rings. The van der Waals surface area contributed by atoms with Crippen molar-refractivity contribution in [2.45, 2.75) is 40.7 Å². The number of thiophene rings is 1. The van der Waals surface area contributed by atoms with Crippen molar-refractivity contribution in [3.63, 3.8) is 0 Å². The number of aryl methyl sites for hydroxylation is 1. The summed E-state index contributed by atoms with van der Waals surface area (Å²) < 4.78 is 5.86. The topological polar surface area (TPSA) is 73.1 Å². The van der Waals surface area contributed by atoms with Crippen molar-refractivity contribution in [2.75, 3.05) is 12.0 Å². The number of nitrogens with two attached hydrogens (primary N) is 1. The Morgan fingerprint density at radius 3 is 2.65 bits per heavy atom. The number of nitrogen functional groups attached to an aromatic ring is 1. The Labute approximate surface area is 123 Å². The number of nitrogens with one attached hydrogen (secondary N) is 1. The zero-order valence-electron chi connectivity index (χ0n) is 12.7.